The first-order chi connectivity index (χ1) is 19.9. The third-order valence-corrected chi connectivity index (χ3v) is 10.5. The van der Waals surface area contributed by atoms with E-state index in [4.69, 9.17) is 0 Å². The van der Waals surface area contributed by atoms with Crippen molar-refractivity contribution in [2.24, 2.45) is 0 Å². The maximum atomic E-state index is 2.47. The second-order valence-corrected chi connectivity index (χ2v) is 12.3. The van der Waals surface area contributed by atoms with Crippen LogP contribution in [-0.4, -0.2) is 0 Å². The van der Waals surface area contributed by atoms with Crippen LogP contribution >= 0.6 is 7.53 Å². The Balaban J connectivity index is 1.48. The topological polar surface area (TPSA) is 3.24 Å². The molecule has 1 atom stereocenters. The summed E-state index contributed by atoms with van der Waals surface area (Å²) in [5.41, 5.74) is 10.0. The van der Waals surface area contributed by atoms with Gasteiger partial charge in [-0.15, -0.1) is 0 Å². The van der Waals surface area contributed by atoms with E-state index in [0.29, 0.717) is 0 Å². The normalized spacial score (nSPS) is 12.4. The van der Waals surface area contributed by atoms with Gasteiger partial charge in [-0.05, 0) is 46.1 Å². The number of nitrogens with zero attached hydrogens (tertiary/aromatic N) is 1. The molecular formula is C38H26NP. The molecule has 1 unspecified atom stereocenters. The number of fused-ring (bicyclic) bond motifs is 7. The summed E-state index contributed by atoms with van der Waals surface area (Å²) < 4.78 is 0. The Bertz CT molecular complexity index is 2000. The van der Waals surface area contributed by atoms with Crippen LogP contribution in [0.2, 0.25) is 0 Å². The number of rotatable bonds is 3. The lowest BCUT2D eigenvalue weighted by Crippen LogP contribution is -2.10. The molecule has 1 aliphatic rings. The number of benzene rings is 6. The van der Waals surface area contributed by atoms with Gasteiger partial charge in [-0.3, -0.25) is 0 Å². The Morgan fingerprint density at radius 2 is 1.05 bits per heavy atom. The SMILES string of the molecule is c1ccc(-c2cccc(N3c4ccccc4-c4c(p(-c5ccccc5)c5ccccc45)-c4ccccc43)c2)cc1. The Hall–Kier alpha value is -4.84. The number of para-hydroxylation sites is 2. The van der Waals surface area contributed by atoms with Crippen molar-refractivity contribution >= 4 is 35.1 Å². The molecule has 0 amide bonds. The van der Waals surface area contributed by atoms with Crippen molar-refractivity contribution in [2.45, 2.75) is 0 Å². The molecule has 0 aliphatic carbocycles. The zero-order valence-corrected chi connectivity index (χ0v) is 22.8. The van der Waals surface area contributed by atoms with E-state index in [1.165, 1.54) is 66.0 Å². The predicted octanol–water partition coefficient (Wildman–Crippen LogP) is 11.6. The van der Waals surface area contributed by atoms with E-state index in [0.717, 1.165) is 0 Å². The minimum atomic E-state index is -0.719. The van der Waals surface area contributed by atoms with Crippen molar-refractivity contribution in [3.8, 4) is 38.4 Å². The van der Waals surface area contributed by atoms with Crippen LogP contribution in [0.15, 0.2) is 158 Å². The maximum absolute atomic E-state index is 2.47. The molecule has 2 heterocycles. The summed E-state index contributed by atoms with van der Waals surface area (Å²) >= 11 is 0. The molecule has 188 valence electrons. The highest BCUT2D eigenvalue weighted by atomic mass is 31.1. The second-order valence-electron chi connectivity index (χ2n) is 10.2. The molecule has 1 aliphatic heterocycles. The minimum absolute atomic E-state index is 0.719. The van der Waals surface area contributed by atoms with E-state index in [1.54, 1.807) is 0 Å². The van der Waals surface area contributed by atoms with Crippen molar-refractivity contribution in [3.05, 3.63) is 158 Å². The highest BCUT2D eigenvalue weighted by Gasteiger charge is 2.31. The number of hydrogen-bond donors (Lipinski definition) is 0. The molecule has 6 aromatic carbocycles. The van der Waals surface area contributed by atoms with Crippen LogP contribution in [0.4, 0.5) is 17.1 Å². The second kappa shape index (κ2) is 9.42. The van der Waals surface area contributed by atoms with Gasteiger partial charge in [0.25, 0.3) is 0 Å². The summed E-state index contributed by atoms with van der Waals surface area (Å²) in [5, 5.41) is 5.64. The third-order valence-electron chi connectivity index (χ3n) is 7.91. The fourth-order valence-corrected chi connectivity index (χ4v) is 9.03. The van der Waals surface area contributed by atoms with Gasteiger partial charge in [-0.1, -0.05) is 141 Å². The fourth-order valence-electron chi connectivity index (χ4n) is 6.22. The fraction of sp³-hybridized carbons (Fsp3) is 0. The van der Waals surface area contributed by atoms with Crippen LogP contribution in [0.5, 0.6) is 0 Å². The van der Waals surface area contributed by atoms with Crippen molar-refractivity contribution in [3.63, 3.8) is 0 Å². The lowest BCUT2D eigenvalue weighted by Gasteiger charge is -2.28. The number of hydrogen-bond acceptors (Lipinski definition) is 1. The standard InChI is InChI=1S/C38H26NP/c1-3-14-27(15-4-1)28-16-13-17-29(26-28)39-34-23-10-7-20-31(34)37-33-22-9-12-25-36(33)40(30-18-5-2-6-19-30)38(37)32-21-8-11-24-35(32)39/h1-26H. The molecule has 2 heteroatoms. The number of anilines is 3. The van der Waals surface area contributed by atoms with Crippen LogP contribution in [0.3, 0.4) is 0 Å². The van der Waals surface area contributed by atoms with Gasteiger partial charge in [0.15, 0.2) is 0 Å². The summed E-state index contributed by atoms with van der Waals surface area (Å²) in [6, 6.07) is 57.7. The quantitative estimate of drug-likeness (QED) is 0.221. The van der Waals surface area contributed by atoms with Gasteiger partial charge in [-0.2, -0.15) is 0 Å². The Morgan fingerprint density at radius 3 is 1.85 bits per heavy atom. The molecule has 1 aromatic heterocycles. The molecule has 0 radical (unpaired) electrons. The van der Waals surface area contributed by atoms with Gasteiger partial charge < -0.3 is 4.90 Å². The first-order valence-electron chi connectivity index (χ1n) is 13.7. The Kier molecular flexibility index (Phi) is 5.43. The van der Waals surface area contributed by atoms with Gasteiger partial charge in [0, 0.05) is 32.8 Å². The highest BCUT2D eigenvalue weighted by molar-refractivity contribution is 7.66. The molecule has 0 spiro atoms. The van der Waals surface area contributed by atoms with Gasteiger partial charge >= 0.3 is 0 Å². The predicted molar refractivity (Wildman–Crippen MR) is 173 cm³/mol. The summed E-state index contributed by atoms with van der Waals surface area (Å²) in [5.74, 6) is 0. The highest BCUT2D eigenvalue weighted by Crippen LogP contribution is 2.65. The molecule has 0 fully saturated rings. The summed E-state index contributed by atoms with van der Waals surface area (Å²) in [6.07, 6.45) is 0. The summed E-state index contributed by atoms with van der Waals surface area (Å²) in [7, 11) is -0.719. The zero-order valence-electron chi connectivity index (χ0n) is 21.9. The smallest absolute Gasteiger partial charge is 0.0543 e. The van der Waals surface area contributed by atoms with Gasteiger partial charge in [0.1, 0.15) is 0 Å². The van der Waals surface area contributed by atoms with E-state index in [1.807, 2.05) is 0 Å². The van der Waals surface area contributed by atoms with Crippen molar-refractivity contribution < 1.29 is 0 Å². The first-order valence-corrected chi connectivity index (χ1v) is 15.1. The third kappa shape index (κ3) is 3.56. The Morgan fingerprint density at radius 1 is 0.450 bits per heavy atom. The van der Waals surface area contributed by atoms with E-state index in [9.17, 15) is 0 Å². The molecular weight excluding hydrogens is 501 g/mol. The van der Waals surface area contributed by atoms with Crippen LogP contribution < -0.4 is 4.90 Å². The lowest BCUT2D eigenvalue weighted by molar-refractivity contribution is 1.30. The van der Waals surface area contributed by atoms with Gasteiger partial charge in [-0.25, -0.2) is 0 Å². The largest absolute Gasteiger partial charge is 0.309 e. The molecule has 7 aromatic rings. The molecule has 0 saturated heterocycles. The molecule has 8 rings (SSSR count). The summed E-state index contributed by atoms with van der Waals surface area (Å²) in [4.78, 5) is 2.47. The van der Waals surface area contributed by atoms with Crippen LogP contribution in [0, 0.1) is 0 Å². The molecule has 1 nitrogen and oxygen atoms in total. The van der Waals surface area contributed by atoms with Gasteiger partial charge in [0.2, 0.25) is 0 Å². The molecule has 0 bridgehead atoms. The lowest BCUT2D eigenvalue weighted by atomic mass is 9.99. The minimum Gasteiger partial charge on any atom is -0.309 e. The molecule has 0 N–H and O–H groups in total. The van der Waals surface area contributed by atoms with E-state index >= 15 is 0 Å². The molecule has 0 saturated carbocycles. The van der Waals surface area contributed by atoms with Crippen LogP contribution in [0.1, 0.15) is 0 Å². The van der Waals surface area contributed by atoms with E-state index in [-0.39, 0.29) is 0 Å². The van der Waals surface area contributed by atoms with E-state index in [2.05, 4.69) is 163 Å². The monoisotopic (exact) mass is 527 g/mol. The summed E-state index contributed by atoms with van der Waals surface area (Å²) in [6.45, 7) is 0. The van der Waals surface area contributed by atoms with Crippen LogP contribution in [0.25, 0.3) is 48.9 Å². The maximum Gasteiger partial charge on any atom is 0.0543 e. The van der Waals surface area contributed by atoms with Gasteiger partial charge in [0.05, 0.1) is 11.4 Å². The zero-order chi connectivity index (χ0) is 26.5. The van der Waals surface area contributed by atoms with Crippen molar-refractivity contribution in [2.75, 3.05) is 4.90 Å². The molecule has 40 heavy (non-hydrogen) atoms. The first kappa shape index (κ1) is 23.1. The van der Waals surface area contributed by atoms with Crippen LogP contribution in [-0.2, 0) is 0 Å². The Labute approximate surface area is 235 Å². The van der Waals surface area contributed by atoms with Crippen molar-refractivity contribution in [1.29, 1.82) is 0 Å². The average molecular weight is 528 g/mol. The average Bonchev–Trinajstić information content (AvgIpc) is 3.31. The van der Waals surface area contributed by atoms with Crippen molar-refractivity contribution in [1.82, 2.24) is 0 Å². The van der Waals surface area contributed by atoms with E-state index < -0.39 is 7.53 Å².